The summed E-state index contributed by atoms with van der Waals surface area (Å²) in [7, 11) is 0. The number of hydrogen-bond donors (Lipinski definition) is 0. The van der Waals surface area contributed by atoms with Crippen molar-refractivity contribution >= 4 is 12.4 Å². The van der Waals surface area contributed by atoms with Gasteiger partial charge < -0.3 is 4.74 Å². The average molecular weight is 127 g/mol. The molecule has 0 aliphatic carbocycles. The lowest BCUT2D eigenvalue weighted by molar-refractivity contribution is 0.162. The first-order valence-electron chi connectivity index (χ1n) is 1.99. The highest BCUT2D eigenvalue weighted by Crippen LogP contribution is 1.64. The highest BCUT2D eigenvalue weighted by Gasteiger charge is 1.64. The van der Waals surface area contributed by atoms with Gasteiger partial charge >= 0.3 is 0 Å². The SMILES string of the molecule is C.CCOCC.Cl. The van der Waals surface area contributed by atoms with Crippen molar-refractivity contribution in [3.8, 4) is 0 Å². The molecule has 0 bridgehead atoms. The molecule has 0 radical (unpaired) electrons. The molecule has 0 aromatic heterocycles. The van der Waals surface area contributed by atoms with Crippen molar-refractivity contribution in [2.24, 2.45) is 0 Å². The monoisotopic (exact) mass is 126 g/mol. The zero-order chi connectivity index (χ0) is 4.12. The summed E-state index contributed by atoms with van der Waals surface area (Å²) in [6, 6.07) is 0. The molecule has 0 saturated carbocycles. The molecule has 0 unspecified atom stereocenters. The Kier molecular flexibility index (Phi) is 36.5. The summed E-state index contributed by atoms with van der Waals surface area (Å²) in [4.78, 5) is 0. The molecule has 0 aromatic carbocycles. The molecular weight excluding hydrogens is 112 g/mol. The van der Waals surface area contributed by atoms with E-state index in [1.165, 1.54) is 0 Å². The van der Waals surface area contributed by atoms with E-state index in [1.807, 2.05) is 13.8 Å². The molecule has 0 N–H and O–H groups in total. The molecule has 0 aliphatic heterocycles. The van der Waals surface area contributed by atoms with E-state index in [0.717, 1.165) is 13.2 Å². The minimum absolute atomic E-state index is 0. The van der Waals surface area contributed by atoms with Gasteiger partial charge in [0.1, 0.15) is 0 Å². The van der Waals surface area contributed by atoms with E-state index in [4.69, 9.17) is 4.74 Å². The molecule has 0 aromatic rings. The Bertz CT molecular complexity index is 15.6. The van der Waals surface area contributed by atoms with Crippen LogP contribution in [0.25, 0.3) is 0 Å². The topological polar surface area (TPSA) is 9.23 Å². The fourth-order valence-corrected chi connectivity index (χ4v) is 0.204. The van der Waals surface area contributed by atoms with Crippen LogP contribution in [0.5, 0.6) is 0 Å². The normalized spacial score (nSPS) is 6.00. The van der Waals surface area contributed by atoms with E-state index in [9.17, 15) is 0 Å². The van der Waals surface area contributed by atoms with Gasteiger partial charge in [0.15, 0.2) is 0 Å². The van der Waals surface area contributed by atoms with Crippen LogP contribution in [0.1, 0.15) is 21.3 Å². The average Bonchev–Trinajstić information content (AvgIpc) is 1.41. The number of ether oxygens (including phenoxy) is 1. The second-order valence-corrected chi connectivity index (χ2v) is 0.781. The van der Waals surface area contributed by atoms with Crippen LogP contribution in [-0.2, 0) is 4.74 Å². The maximum absolute atomic E-state index is 4.83. The third-order valence-corrected chi connectivity index (χ3v) is 0.408. The fourth-order valence-electron chi connectivity index (χ4n) is 0.204. The first kappa shape index (κ1) is 15.7. The molecule has 0 aliphatic rings. The molecule has 0 rings (SSSR count). The van der Waals surface area contributed by atoms with Crippen molar-refractivity contribution in [3.63, 3.8) is 0 Å². The molecule has 7 heavy (non-hydrogen) atoms. The summed E-state index contributed by atoms with van der Waals surface area (Å²) in [5.41, 5.74) is 0. The minimum Gasteiger partial charge on any atom is -0.382 e. The zero-order valence-corrected chi connectivity index (χ0v) is 5.05. The standard InChI is InChI=1S/C4H10O.CH4.ClH/c1-3-5-4-2;;/h3-4H2,1-2H3;1H4;1H. The number of hydrogen-bond acceptors (Lipinski definition) is 1. The summed E-state index contributed by atoms with van der Waals surface area (Å²) >= 11 is 0. The van der Waals surface area contributed by atoms with E-state index in [-0.39, 0.29) is 19.8 Å². The van der Waals surface area contributed by atoms with Gasteiger partial charge in [-0.1, -0.05) is 7.43 Å². The Morgan fingerprint density at radius 3 is 1.43 bits per heavy atom. The molecule has 2 heteroatoms. The van der Waals surface area contributed by atoms with Crippen LogP contribution in [0.3, 0.4) is 0 Å². The fraction of sp³-hybridized carbons (Fsp3) is 1.00. The Morgan fingerprint density at radius 2 is 1.43 bits per heavy atom. The summed E-state index contributed by atoms with van der Waals surface area (Å²) in [5, 5.41) is 0. The van der Waals surface area contributed by atoms with Gasteiger partial charge in [0, 0.05) is 13.2 Å². The first-order valence-corrected chi connectivity index (χ1v) is 1.99. The first-order chi connectivity index (χ1) is 2.41. The minimum atomic E-state index is 0. The molecule has 0 saturated heterocycles. The molecule has 0 fully saturated rings. The van der Waals surface area contributed by atoms with Crippen LogP contribution < -0.4 is 0 Å². The third-order valence-electron chi connectivity index (χ3n) is 0.408. The van der Waals surface area contributed by atoms with Crippen molar-refractivity contribution in [1.82, 2.24) is 0 Å². The van der Waals surface area contributed by atoms with Gasteiger partial charge in [-0.2, -0.15) is 0 Å². The van der Waals surface area contributed by atoms with Crippen molar-refractivity contribution in [2.75, 3.05) is 13.2 Å². The van der Waals surface area contributed by atoms with Gasteiger partial charge in [0.2, 0.25) is 0 Å². The number of halogens is 1. The summed E-state index contributed by atoms with van der Waals surface area (Å²) < 4.78 is 4.83. The maximum Gasteiger partial charge on any atom is 0.0437 e. The van der Waals surface area contributed by atoms with E-state index in [2.05, 4.69) is 0 Å². The molecule has 0 atom stereocenters. The van der Waals surface area contributed by atoms with Gasteiger partial charge in [0.25, 0.3) is 0 Å². The molecule has 1 nitrogen and oxygen atoms in total. The van der Waals surface area contributed by atoms with Crippen LogP contribution in [-0.4, -0.2) is 13.2 Å². The lowest BCUT2D eigenvalue weighted by Crippen LogP contribution is -1.84. The van der Waals surface area contributed by atoms with Gasteiger partial charge in [-0.25, -0.2) is 0 Å². The van der Waals surface area contributed by atoms with E-state index < -0.39 is 0 Å². The molecule has 0 heterocycles. The Morgan fingerprint density at radius 1 is 1.14 bits per heavy atom. The Hall–Kier alpha value is 0.250. The van der Waals surface area contributed by atoms with E-state index >= 15 is 0 Å². The quantitative estimate of drug-likeness (QED) is 0.551. The zero-order valence-electron chi connectivity index (χ0n) is 4.23. The Balaban J connectivity index is -0.0000000800. The predicted molar refractivity (Wildman–Crippen MR) is 36.1 cm³/mol. The lowest BCUT2D eigenvalue weighted by atomic mass is 10.8. The van der Waals surface area contributed by atoms with Gasteiger partial charge in [-0.15, -0.1) is 12.4 Å². The molecule has 0 spiro atoms. The summed E-state index contributed by atoms with van der Waals surface area (Å²) in [6.07, 6.45) is 0. The highest BCUT2D eigenvalue weighted by atomic mass is 35.5. The van der Waals surface area contributed by atoms with Gasteiger partial charge in [0.05, 0.1) is 0 Å². The molecule has 0 amide bonds. The van der Waals surface area contributed by atoms with Crippen LogP contribution >= 0.6 is 12.4 Å². The van der Waals surface area contributed by atoms with Crippen LogP contribution in [0.2, 0.25) is 0 Å². The maximum atomic E-state index is 4.83. The van der Waals surface area contributed by atoms with E-state index in [0.29, 0.717) is 0 Å². The predicted octanol–water partition coefficient (Wildman–Crippen LogP) is 2.10. The Labute approximate surface area is 52.5 Å². The van der Waals surface area contributed by atoms with Gasteiger partial charge in [-0.3, -0.25) is 0 Å². The van der Waals surface area contributed by atoms with Crippen molar-refractivity contribution in [1.29, 1.82) is 0 Å². The third kappa shape index (κ3) is 22.3. The van der Waals surface area contributed by atoms with Crippen molar-refractivity contribution in [2.45, 2.75) is 21.3 Å². The molecular formula is C5H15ClO. The van der Waals surface area contributed by atoms with Crippen molar-refractivity contribution in [3.05, 3.63) is 0 Å². The second kappa shape index (κ2) is 16.3. The number of rotatable bonds is 2. The summed E-state index contributed by atoms with van der Waals surface area (Å²) in [5.74, 6) is 0. The van der Waals surface area contributed by atoms with Crippen LogP contribution in [0.15, 0.2) is 0 Å². The largest absolute Gasteiger partial charge is 0.382 e. The lowest BCUT2D eigenvalue weighted by Gasteiger charge is -1.86. The van der Waals surface area contributed by atoms with Crippen molar-refractivity contribution < 1.29 is 4.74 Å². The van der Waals surface area contributed by atoms with E-state index in [1.54, 1.807) is 0 Å². The van der Waals surface area contributed by atoms with Crippen LogP contribution in [0, 0.1) is 0 Å². The van der Waals surface area contributed by atoms with Gasteiger partial charge in [-0.05, 0) is 13.8 Å². The molecule has 48 valence electrons. The smallest absolute Gasteiger partial charge is 0.0437 e. The highest BCUT2D eigenvalue weighted by molar-refractivity contribution is 5.85. The second-order valence-electron chi connectivity index (χ2n) is 0.781. The van der Waals surface area contributed by atoms with Crippen LogP contribution in [0.4, 0.5) is 0 Å². The summed E-state index contributed by atoms with van der Waals surface area (Å²) in [6.45, 7) is 5.67.